The third-order valence-corrected chi connectivity index (χ3v) is 3.86. The fourth-order valence-electron chi connectivity index (χ4n) is 2.01. The SMILES string of the molecule is CCOC(=O)c1cc2c(OC)c(OC)c(C)cc2s1. The van der Waals surface area contributed by atoms with Gasteiger partial charge in [0.2, 0.25) is 0 Å². The van der Waals surface area contributed by atoms with E-state index in [1.54, 1.807) is 27.2 Å². The number of benzene rings is 1. The first kappa shape index (κ1) is 13.7. The quantitative estimate of drug-likeness (QED) is 0.805. The van der Waals surface area contributed by atoms with Gasteiger partial charge in [0.15, 0.2) is 11.5 Å². The van der Waals surface area contributed by atoms with Gasteiger partial charge in [0.05, 0.1) is 20.8 Å². The standard InChI is InChI=1S/C14H16O4S/c1-5-18-14(15)11-7-9-10(19-11)6-8(2)12(16-3)13(9)17-4/h6-7H,5H2,1-4H3. The van der Waals surface area contributed by atoms with Crippen molar-refractivity contribution in [1.29, 1.82) is 0 Å². The lowest BCUT2D eigenvalue weighted by Gasteiger charge is -2.11. The molecule has 0 bridgehead atoms. The fraction of sp³-hybridized carbons (Fsp3) is 0.357. The van der Waals surface area contributed by atoms with Crippen LogP contribution in [0.15, 0.2) is 12.1 Å². The maximum Gasteiger partial charge on any atom is 0.348 e. The second kappa shape index (κ2) is 5.48. The first-order chi connectivity index (χ1) is 9.12. The molecule has 0 aliphatic heterocycles. The molecule has 4 nitrogen and oxygen atoms in total. The van der Waals surface area contributed by atoms with Gasteiger partial charge in [0.1, 0.15) is 4.88 Å². The van der Waals surface area contributed by atoms with Crippen LogP contribution in [0.3, 0.4) is 0 Å². The van der Waals surface area contributed by atoms with Gasteiger partial charge in [-0.15, -0.1) is 11.3 Å². The van der Waals surface area contributed by atoms with Crippen molar-refractivity contribution < 1.29 is 19.0 Å². The molecule has 0 fully saturated rings. The minimum Gasteiger partial charge on any atom is -0.493 e. The lowest BCUT2D eigenvalue weighted by Crippen LogP contribution is -2.01. The predicted molar refractivity (Wildman–Crippen MR) is 75.6 cm³/mol. The normalized spacial score (nSPS) is 10.5. The van der Waals surface area contributed by atoms with Gasteiger partial charge in [0.25, 0.3) is 0 Å². The van der Waals surface area contributed by atoms with Gasteiger partial charge in [-0.2, -0.15) is 0 Å². The molecular weight excluding hydrogens is 264 g/mol. The highest BCUT2D eigenvalue weighted by atomic mass is 32.1. The van der Waals surface area contributed by atoms with E-state index in [2.05, 4.69) is 0 Å². The maximum absolute atomic E-state index is 11.8. The Morgan fingerprint density at radius 3 is 2.47 bits per heavy atom. The summed E-state index contributed by atoms with van der Waals surface area (Å²) in [7, 11) is 3.20. The Bertz CT molecular complexity index is 615. The highest BCUT2D eigenvalue weighted by Gasteiger charge is 2.18. The van der Waals surface area contributed by atoms with E-state index in [4.69, 9.17) is 14.2 Å². The van der Waals surface area contributed by atoms with Crippen molar-refractivity contribution in [2.45, 2.75) is 13.8 Å². The van der Waals surface area contributed by atoms with Gasteiger partial charge in [-0.25, -0.2) is 4.79 Å². The zero-order valence-corrected chi connectivity index (χ0v) is 12.2. The molecule has 1 aromatic carbocycles. The van der Waals surface area contributed by atoms with Gasteiger partial charge in [-0.05, 0) is 31.5 Å². The first-order valence-corrected chi connectivity index (χ1v) is 6.76. The van der Waals surface area contributed by atoms with Gasteiger partial charge in [-0.3, -0.25) is 0 Å². The number of rotatable bonds is 4. The van der Waals surface area contributed by atoms with E-state index < -0.39 is 0 Å². The Labute approximate surface area is 115 Å². The van der Waals surface area contributed by atoms with E-state index >= 15 is 0 Å². The Morgan fingerprint density at radius 1 is 1.21 bits per heavy atom. The summed E-state index contributed by atoms with van der Waals surface area (Å²) in [5.41, 5.74) is 0.976. The molecule has 0 spiro atoms. The third kappa shape index (κ3) is 2.38. The van der Waals surface area contributed by atoms with E-state index in [0.29, 0.717) is 23.0 Å². The molecule has 0 unspecified atom stereocenters. The maximum atomic E-state index is 11.8. The molecule has 1 heterocycles. The van der Waals surface area contributed by atoms with Crippen LogP contribution in [0, 0.1) is 6.92 Å². The highest BCUT2D eigenvalue weighted by molar-refractivity contribution is 7.20. The number of fused-ring (bicyclic) bond motifs is 1. The molecule has 0 aliphatic rings. The Hall–Kier alpha value is -1.75. The summed E-state index contributed by atoms with van der Waals surface area (Å²) >= 11 is 1.40. The van der Waals surface area contributed by atoms with Crippen LogP contribution in [0.25, 0.3) is 10.1 Å². The zero-order chi connectivity index (χ0) is 14.0. The minimum atomic E-state index is -0.303. The minimum absolute atomic E-state index is 0.303. The molecule has 0 amide bonds. The second-order valence-electron chi connectivity index (χ2n) is 4.00. The molecule has 0 aliphatic carbocycles. The monoisotopic (exact) mass is 280 g/mol. The molecular formula is C14H16O4S. The van der Waals surface area contributed by atoms with Gasteiger partial charge in [0, 0.05) is 10.1 Å². The number of hydrogen-bond donors (Lipinski definition) is 0. The number of carbonyl (C=O) groups excluding carboxylic acids is 1. The largest absolute Gasteiger partial charge is 0.493 e. The van der Waals surface area contributed by atoms with Crippen LogP contribution in [0.5, 0.6) is 11.5 Å². The summed E-state index contributed by atoms with van der Waals surface area (Å²) in [6.45, 7) is 4.11. The molecule has 2 aromatic rings. The molecule has 0 saturated heterocycles. The molecule has 0 N–H and O–H groups in total. The molecule has 0 radical (unpaired) electrons. The molecule has 102 valence electrons. The summed E-state index contributed by atoms with van der Waals surface area (Å²) < 4.78 is 16.8. The highest BCUT2D eigenvalue weighted by Crippen LogP contribution is 2.42. The smallest absolute Gasteiger partial charge is 0.348 e. The van der Waals surface area contributed by atoms with E-state index in [-0.39, 0.29) is 5.97 Å². The summed E-state index contributed by atoms with van der Waals surface area (Å²) in [5, 5.41) is 0.873. The fourth-order valence-corrected chi connectivity index (χ4v) is 3.07. The van der Waals surface area contributed by atoms with Crippen molar-refractivity contribution in [2.24, 2.45) is 0 Å². The summed E-state index contributed by atoms with van der Waals surface area (Å²) in [6.07, 6.45) is 0. The molecule has 1 aromatic heterocycles. The Morgan fingerprint density at radius 2 is 1.89 bits per heavy atom. The van der Waals surface area contributed by atoms with Crippen molar-refractivity contribution in [3.63, 3.8) is 0 Å². The van der Waals surface area contributed by atoms with Crippen LogP contribution >= 0.6 is 11.3 Å². The van der Waals surface area contributed by atoms with E-state index in [1.165, 1.54) is 11.3 Å². The molecule has 5 heteroatoms. The number of carbonyl (C=O) groups is 1. The number of methoxy groups -OCH3 is 2. The number of ether oxygens (including phenoxy) is 3. The van der Waals surface area contributed by atoms with E-state index in [0.717, 1.165) is 15.6 Å². The molecule has 2 rings (SSSR count). The lowest BCUT2D eigenvalue weighted by atomic mass is 10.1. The number of esters is 1. The van der Waals surface area contributed by atoms with Gasteiger partial charge >= 0.3 is 5.97 Å². The summed E-state index contributed by atoms with van der Waals surface area (Å²) in [4.78, 5) is 12.3. The zero-order valence-electron chi connectivity index (χ0n) is 11.4. The van der Waals surface area contributed by atoms with E-state index in [9.17, 15) is 4.79 Å². The molecule has 0 saturated carbocycles. The van der Waals surface area contributed by atoms with Crippen molar-refractivity contribution in [2.75, 3.05) is 20.8 Å². The van der Waals surface area contributed by atoms with Gasteiger partial charge < -0.3 is 14.2 Å². The predicted octanol–water partition coefficient (Wildman–Crippen LogP) is 3.40. The van der Waals surface area contributed by atoms with Crippen molar-refractivity contribution in [1.82, 2.24) is 0 Å². The Kier molecular flexibility index (Phi) is 3.95. The Balaban J connectivity index is 2.62. The number of aryl methyl sites for hydroxylation is 1. The number of thiophene rings is 1. The third-order valence-electron chi connectivity index (χ3n) is 2.80. The topological polar surface area (TPSA) is 44.8 Å². The molecule has 19 heavy (non-hydrogen) atoms. The summed E-state index contributed by atoms with van der Waals surface area (Å²) in [6, 6.07) is 3.78. The number of hydrogen-bond acceptors (Lipinski definition) is 5. The van der Waals surface area contributed by atoms with Crippen LogP contribution in [-0.2, 0) is 4.74 Å². The molecule has 0 atom stereocenters. The van der Waals surface area contributed by atoms with Crippen molar-refractivity contribution in [3.8, 4) is 11.5 Å². The van der Waals surface area contributed by atoms with Crippen LogP contribution in [0.1, 0.15) is 22.2 Å². The van der Waals surface area contributed by atoms with Crippen molar-refractivity contribution in [3.05, 3.63) is 22.6 Å². The van der Waals surface area contributed by atoms with Crippen LogP contribution < -0.4 is 9.47 Å². The average molecular weight is 280 g/mol. The van der Waals surface area contributed by atoms with Crippen molar-refractivity contribution >= 4 is 27.4 Å². The van der Waals surface area contributed by atoms with Gasteiger partial charge in [-0.1, -0.05) is 0 Å². The first-order valence-electron chi connectivity index (χ1n) is 5.94. The lowest BCUT2D eigenvalue weighted by molar-refractivity contribution is 0.0532. The van der Waals surface area contributed by atoms with Crippen LogP contribution in [0.4, 0.5) is 0 Å². The second-order valence-corrected chi connectivity index (χ2v) is 5.09. The van der Waals surface area contributed by atoms with E-state index in [1.807, 2.05) is 13.0 Å². The van der Waals surface area contributed by atoms with Crippen LogP contribution in [0.2, 0.25) is 0 Å². The van der Waals surface area contributed by atoms with Crippen LogP contribution in [-0.4, -0.2) is 26.8 Å². The average Bonchev–Trinajstić information content (AvgIpc) is 2.80. The summed E-state index contributed by atoms with van der Waals surface area (Å²) in [5.74, 6) is 1.05.